The van der Waals surface area contributed by atoms with E-state index < -0.39 is 11.7 Å². The monoisotopic (exact) mass is 307 g/mol. The van der Waals surface area contributed by atoms with Crippen LogP contribution in [0.1, 0.15) is 18.0 Å². The summed E-state index contributed by atoms with van der Waals surface area (Å²) in [5.74, 6) is -1.71. The number of benzene rings is 1. The van der Waals surface area contributed by atoms with Gasteiger partial charge in [0.1, 0.15) is 5.92 Å². The molecule has 0 saturated heterocycles. The number of carbonyl (C=O) groups is 1. The number of carbonyl (C=O) groups excluding carboxylic acids is 1. The number of oxazole rings is 1. The number of Topliss-reactive ketones (excluding diaryl/α,β-unsaturated/α-hetero) is 1. The van der Waals surface area contributed by atoms with Crippen LogP contribution in [0.2, 0.25) is 0 Å². The third kappa shape index (κ3) is 2.90. The van der Waals surface area contributed by atoms with Crippen molar-refractivity contribution in [2.24, 2.45) is 0 Å². The van der Waals surface area contributed by atoms with Crippen LogP contribution in [0.5, 0.6) is 0 Å². The minimum atomic E-state index is -0.926. The van der Waals surface area contributed by atoms with Crippen LogP contribution in [0.4, 0.5) is 0 Å². The second kappa shape index (κ2) is 6.28. The molecule has 0 fully saturated rings. The number of fused-ring (bicyclic) bond motifs is 1. The molecule has 0 aliphatic carbocycles. The van der Waals surface area contributed by atoms with Gasteiger partial charge >= 0.3 is 5.76 Å². The van der Waals surface area contributed by atoms with Crippen LogP contribution in [0.3, 0.4) is 0 Å². The van der Waals surface area contributed by atoms with Gasteiger partial charge in [-0.15, -0.1) is 0 Å². The van der Waals surface area contributed by atoms with E-state index in [4.69, 9.17) is 4.42 Å². The first-order valence-corrected chi connectivity index (χ1v) is 7.12. The van der Waals surface area contributed by atoms with E-state index >= 15 is 0 Å². The number of aryl methyl sites for hydroxylation is 1. The number of aromatic nitrogens is 2. The highest BCUT2D eigenvalue weighted by Crippen LogP contribution is 2.17. The summed E-state index contributed by atoms with van der Waals surface area (Å²) in [6.45, 7) is 0.166. The molecule has 6 heteroatoms. The lowest BCUT2D eigenvalue weighted by Gasteiger charge is -2.07. The second-order valence-corrected chi connectivity index (χ2v) is 5.02. The molecule has 0 spiro atoms. The predicted octanol–water partition coefficient (Wildman–Crippen LogP) is 2.26. The van der Waals surface area contributed by atoms with E-state index in [0.29, 0.717) is 16.8 Å². The molecule has 1 unspecified atom stereocenters. The summed E-state index contributed by atoms with van der Waals surface area (Å²) >= 11 is 0. The summed E-state index contributed by atoms with van der Waals surface area (Å²) in [6, 6.07) is 14.1. The van der Waals surface area contributed by atoms with Crippen LogP contribution in [-0.2, 0) is 11.3 Å². The number of para-hydroxylation sites is 2. The zero-order chi connectivity index (χ0) is 16.2. The summed E-state index contributed by atoms with van der Waals surface area (Å²) < 4.78 is 6.52. The highest BCUT2D eigenvalue weighted by Gasteiger charge is 2.21. The molecular formula is C17H13N3O3. The molecule has 2 aromatic heterocycles. The zero-order valence-electron chi connectivity index (χ0n) is 12.2. The van der Waals surface area contributed by atoms with Gasteiger partial charge in [0, 0.05) is 19.2 Å². The first-order valence-electron chi connectivity index (χ1n) is 7.12. The number of rotatable bonds is 5. The fourth-order valence-corrected chi connectivity index (χ4v) is 2.44. The molecule has 3 rings (SSSR count). The maximum absolute atomic E-state index is 12.3. The van der Waals surface area contributed by atoms with Crippen LogP contribution in [-0.4, -0.2) is 15.3 Å². The van der Waals surface area contributed by atoms with Crippen LogP contribution in [0, 0.1) is 11.3 Å². The summed E-state index contributed by atoms with van der Waals surface area (Å²) in [5, 5.41) is 9.24. The van der Waals surface area contributed by atoms with E-state index in [1.54, 1.807) is 48.7 Å². The molecule has 1 atom stereocenters. The average molecular weight is 307 g/mol. The Morgan fingerprint density at radius 1 is 1.26 bits per heavy atom. The van der Waals surface area contributed by atoms with E-state index in [0.717, 1.165) is 0 Å². The highest BCUT2D eigenvalue weighted by atomic mass is 16.4. The van der Waals surface area contributed by atoms with Crippen LogP contribution >= 0.6 is 0 Å². The van der Waals surface area contributed by atoms with Crippen molar-refractivity contribution in [1.29, 1.82) is 5.26 Å². The van der Waals surface area contributed by atoms with Crippen molar-refractivity contribution in [2.75, 3.05) is 0 Å². The van der Waals surface area contributed by atoms with E-state index in [9.17, 15) is 14.9 Å². The molecule has 114 valence electrons. The van der Waals surface area contributed by atoms with E-state index in [1.165, 1.54) is 4.57 Å². The normalized spacial score (nSPS) is 12.0. The first-order chi connectivity index (χ1) is 11.2. The topological polar surface area (TPSA) is 88.9 Å². The smallest absolute Gasteiger partial charge is 0.408 e. The third-order valence-corrected chi connectivity index (χ3v) is 3.59. The van der Waals surface area contributed by atoms with Crippen molar-refractivity contribution in [1.82, 2.24) is 9.55 Å². The molecule has 0 bridgehead atoms. The fraction of sp³-hybridized carbons (Fsp3) is 0.176. The number of hydrogen-bond donors (Lipinski definition) is 0. The molecule has 6 nitrogen and oxygen atoms in total. The second-order valence-electron chi connectivity index (χ2n) is 5.02. The Kier molecular flexibility index (Phi) is 4.02. The Morgan fingerprint density at radius 2 is 2.04 bits per heavy atom. The Hall–Kier alpha value is -3.20. The van der Waals surface area contributed by atoms with Crippen LogP contribution in [0.25, 0.3) is 11.1 Å². The van der Waals surface area contributed by atoms with Gasteiger partial charge in [-0.1, -0.05) is 18.2 Å². The molecule has 2 heterocycles. The predicted molar refractivity (Wildman–Crippen MR) is 82.7 cm³/mol. The lowest BCUT2D eigenvalue weighted by molar-refractivity contribution is -0.119. The largest absolute Gasteiger partial charge is 0.419 e. The van der Waals surface area contributed by atoms with Gasteiger partial charge in [-0.3, -0.25) is 14.3 Å². The Morgan fingerprint density at radius 3 is 2.78 bits per heavy atom. The number of hydrogen-bond acceptors (Lipinski definition) is 5. The van der Waals surface area contributed by atoms with E-state index in [-0.39, 0.29) is 18.7 Å². The molecule has 0 aliphatic rings. The molecule has 3 aromatic rings. The number of nitrogens with zero attached hydrogens (tertiary/aromatic N) is 3. The number of nitriles is 1. The molecule has 0 aliphatic heterocycles. The van der Waals surface area contributed by atoms with Gasteiger partial charge in [-0.25, -0.2) is 4.79 Å². The molecule has 0 radical (unpaired) electrons. The van der Waals surface area contributed by atoms with Crippen molar-refractivity contribution in [3.63, 3.8) is 0 Å². The molecule has 0 amide bonds. The fourth-order valence-electron chi connectivity index (χ4n) is 2.44. The average Bonchev–Trinajstić information content (AvgIpc) is 2.90. The van der Waals surface area contributed by atoms with Gasteiger partial charge in [0.2, 0.25) is 0 Å². The Labute approximate surface area is 131 Å². The SMILES string of the molecule is N#CC(C(=O)CCn1c(=O)oc2ccccc21)c1ccccn1. The maximum atomic E-state index is 12.3. The Balaban J connectivity index is 1.79. The van der Waals surface area contributed by atoms with Gasteiger partial charge in [-0.2, -0.15) is 5.26 Å². The van der Waals surface area contributed by atoms with Gasteiger partial charge in [0.15, 0.2) is 11.4 Å². The van der Waals surface area contributed by atoms with Crippen molar-refractivity contribution in [3.8, 4) is 6.07 Å². The summed E-state index contributed by atoms with van der Waals surface area (Å²) in [5.41, 5.74) is 1.53. The lowest BCUT2D eigenvalue weighted by Crippen LogP contribution is -2.19. The van der Waals surface area contributed by atoms with Crippen molar-refractivity contribution < 1.29 is 9.21 Å². The van der Waals surface area contributed by atoms with Gasteiger partial charge in [0.05, 0.1) is 17.3 Å². The Bertz CT molecular complexity index is 935. The first kappa shape index (κ1) is 14.7. The summed E-state index contributed by atoms with van der Waals surface area (Å²) in [7, 11) is 0. The third-order valence-electron chi connectivity index (χ3n) is 3.59. The van der Waals surface area contributed by atoms with E-state index in [1.807, 2.05) is 6.07 Å². The minimum absolute atomic E-state index is 0.0538. The van der Waals surface area contributed by atoms with Crippen LogP contribution in [0.15, 0.2) is 57.9 Å². The van der Waals surface area contributed by atoms with Gasteiger partial charge < -0.3 is 4.42 Å². The summed E-state index contributed by atoms with van der Waals surface area (Å²) in [4.78, 5) is 28.2. The van der Waals surface area contributed by atoms with Crippen molar-refractivity contribution in [2.45, 2.75) is 18.9 Å². The zero-order valence-corrected chi connectivity index (χ0v) is 12.2. The maximum Gasteiger partial charge on any atom is 0.419 e. The molecular weight excluding hydrogens is 294 g/mol. The van der Waals surface area contributed by atoms with Crippen molar-refractivity contribution in [3.05, 3.63) is 64.9 Å². The standard InChI is InChI=1S/C17H13N3O3/c18-11-12(13-5-3-4-9-19-13)15(21)8-10-20-14-6-1-2-7-16(14)23-17(20)22/h1-7,9,12H,8,10H2. The molecule has 0 N–H and O–H groups in total. The molecule has 1 aromatic carbocycles. The minimum Gasteiger partial charge on any atom is -0.408 e. The van der Waals surface area contributed by atoms with Crippen LogP contribution < -0.4 is 5.76 Å². The van der Waals surface area contributed by atoms with Crippen molar-refractivity contribution >= 4 is 16.9 Å². The van der Waals surface area contributed by atoms with E-state index in [2.05, 4.69) is 4.98 Å². The highest BCUT2D eigenvalue weighted by molar-refractivity contribution is 5.88. The van der Waals surface area contributed by atoms with Gasteiger partial charge in [0.25, 0.3) is 0 Å². The molecule has 0 saturated carbocycles. The molecule has 23 heavy (non-hydrogen) atoms. The van der Waals surface area contributed by atoms with Gasteiger partial charge in [-0.05, 0) is 24.3 Å². The number of pyridine rings is 1. The number of ketones is 1. The quantitative estimate of drug-likeness (QED) is 0.721. The lowest BCUT2D eigenvalue weighted by atomic mass is 9.99. The summed E-state index contributed by atoms with van der Waals surface area (Å²) in [6.07, 6.45) is 1.60.